The predicted molar refractivity (Wildman–Crippen MR) is 228 cm³/mol. The molecule has 0 N–H and O–H groups in total. The van der Waals surface area contributed by atoms with Gasteiger partial charge in [0, 0.05) is 50.1 Å². The van der Waals surface area contributed by atoms with E-state index < -0.39 is 0 Å². The molecular weight excluding hydrogens is 685 g/mol. The van der Waals surface area contributed by atoms with Crippen molar-refractivity contribution in [2.75, 3.05) is 0 Å². The molecule has 0 bridgehead atoms. The lowest BCUT2D eigenvalue weighted by Crippen LogP contribution is -2.02. The SMILES string of the molecule is c1ccc(-c2ccc(-c3nc(-c4ccccc4)nc(-c4ccnc(-n5c6ccccc6c6cc7c8ccccc8n(-c8ccccc8)c7cc65)c4)n3)cc2)cc1. The van der Waals surface area contributed by atoms with Crippen LogP contribution in [0.4, 0.5) is 0 Å². The Morgan fingerprint density at radius 3 is 1.41 bits per heavy atom. The van der Waals surface area contributed by atoms with Crippen molar-refractivity contribution in [2.24, 2.45) is 0 Å². The molecule has 7 aromatic carbocycles. The van der Waals surface area contributed by atoms with Crippen molar-refractivity contribution in [1.82, 2.24) is 29.1 Å². The topological polar surface area (TPSA) is 61.4 Å². The Bertz CT molecular complexity index is 3220. The third-order valence-corrected chi connectivity index (χ3v) is 10.6. The molecule has 6 heteroatoms. The van der Waals surface area contributed by atoms with Gasteiger partial charge in [0.25, 0.3) is 0 Å². The van der Waals surface area contributed by atoms with Crippen LogP contribution >= 0.6 is 0 Å². The number of nitrogens with zero attached hydrogens (tertiary/aromatic N) is 6. The first-order chi connectivity index (χ1) is 27.8. The number of para-hydroxylation sites is 3. The van der Waals surface area contributed by atoms with Crippen LogP contribution in [0.5, 0.6) is 0 Å². The van der Waals surface area contributed by atoms with Crippen molar-refractivity contribution in [1.29, 1.82) is 0 Å². The minimum absolute atomic E-state index is 0.581. The third kappa shape index (κ3) is 5.27. The minimum atomic E-state index is 0.581. The number of aromatic nitrogens is 6. The van der Waals surface area contributed by atoms with Gasteiger partial charge >= 0.3 is 0 Å². The molecule has 0 atom stereocenters. The van der Waals surface area contributed by atoms with E-state index in [1.54, 1.807) is 0 Å². The zero-order valence-corrected chi connectivity index (χ0v) is 30.2. The monoisotopic (exact) mass is 716 g/mol. The van der Waals surface area contributed by atoms with Crippen LogP contribution in [0, 0.1) is 0 Å². The second kappa shape index (κ2) is 13.0. The number of hydrogen-bond donors (Lipinski definition) is 0. The standard InChI is InChI=1S/C50H32N6/c1-4-14-33(15-5-1)34-24-26-36(27-25-34)49-52-48(35-16-6-2-7-17-35)53-50(54-49)37-28-29-51-47(30-37)56-44-23-13-11-21-40(44)42-31-41-39-20-10-12-22-43(39)55(45(41)32-46(42)56)38-18-8-3-9-19-38/h1-32H. The minimum Gasteiger partial charge on any atom is -0.309 e. The first kappa shape index (κ1) is 31.8. The second-order valence-corrected chi connectivity index (χ2v) is 13.9. The van der Waals surface area contributed by atoms with E-state index in [1.807, 2.05) is 48.7 Å². The van der Waals surface area contributed by atoms with E-state index in [0.717, 1.165) is 55.9 Å². The van der Waals surface area contributed by atoms with Gasteiger partial charge in [0.1, 0.15) is 5.82 Å². The Hall–Kier alpha value is -7.70. The molecule has 0 aliphatic rings. The molecule has 11 aromatic rings. The average Bonchev–Trinajstić information content (AvgIpc) is 3.78. The van der Waals surface area contributed by atoms with E-state index in [0.29, 0.717) is 17.5 Å². The molecule has 4 aromatic heterocycles. The zero-order chi connectivity index (χ0) is 37.0. The second-order valence-electron chi connectivity index (χ2n) is 13.9. The fraction of sp³-hybridized carbons (Fsp3) is 0. The van der Waals surface area contributed by atoms with Gasteiger partial charge in [-0.1, -0.05) is 140 Å². The molecule has 4 heterocycles. The molecule has 0 unspecified atom stereocenters. The summed E-state index contributed by atoms with van der Waals surface area (Å²) < 4.78 is 4.63. The van der Waals surface area contributed by atoms with Gasteiger partial charge in [-0.3, -0.25) is 4.57 Å². The number of fused-ring (bicyclic) bond motifs is 6. The van der Waals surface area contributed by atoms with Gasteiger partial charge in [-0.2, -0.15) is 0 Å². The van der Waals surface area contributed by atoms with Crippen LogP contribution in [0.2, 0.25) is 0 Å². The lowest BCUT2D eigenvalue weighted by atomic mass is 10.0. The molecule has 11 rings (SSSR count). The summed E-state index contributed by atoms with van der Waals surface area (Å²) in [4.78, 5) is 20.1. The number of hydrogen-bond acceptors (Lipinski definition) is 4. The van der Waals surface area contributed by atoms with Crippen LogP contribution in [-0.2, 0) is 0 Å². The molecule has 262 valence electrons. The van der Waals surface area contributed by atoms with Crippen LogP contribution in [0.1, 0.15) is 0 Å². The predicted octanol–water partition coefficient (Wildman–Crippen LogP) is 12.1. The molecule has 0 amide bonds. The summed E-state index contributed by atoms with van der Waals surface area (Å²) in [6.45, 7) is 0. The lowest BCUT2D eigenvalue weighted by Gasteiger charge is -2.11. The Kier molecular flexibility index (Phi) is 7.38. The molecule has 6 nitrogen and oxygen atoms in total. The van der Waals surface area contributed by atoms with Crippen LogP contribution in [0.25, 0.3) is 100 Å². The van der Waals surface area contributed by atoms with E-state index >= 15 is 0 Å². The van der Waals surface area contributed by atoms with Gasteiger partial charge in [0.2, 0.25) is 0 Å². The summed E-state index contributed by atoms with van der Waals surface area (Å²) in [7, 11) is 0. The van der Waals surface area contributed by atoms with Crippen LogP contribution in [-0.4, -0.2) is 29.1 Å². The molecule has 0 saturated carbocycles. The van der Waals surface area contributed by atoms with E-state index in [4.69, 9.17) is 19.9 Å². The maximum Gasteiger partial charge on any atom is 0.164 e. The maximum absolute atomic E-state index is 5.10. The number of benzene rings is 7. The van der Waals surface area contributed by atoms with E-state index in [-0.39, 0.29) is 0 Å². The highest BCUT2D eigenvalue weighted by Crippen LogP contribution is 2.39. The van der Waals surface area contributed by atoms with Crippen LogP contribution < -0.4 is 0 Å². The summed E-state index contributed by atoms with van der Waals surface area (Å²) in [5, 5.41) is 4.77. The van der Waals surface area contributed by atoms with Crippen LogP contribution in [0.15, 0.2) is 194 Å². The highest BCUT2D eigenvalue weighted by atomic mass is 15.1. The summed E-state index contributed by atoms with van der Waals surface area (Å²) in [6, 6.07) is 65.4. The molecule has 0 aliphatic heterocycles. The third-order valence-electron chi connectivity index (χ3n) is 10.6. The van der Waals surface area contributed by atoms with Gasteiger partial charge < -0.3 is 4.57 Å². The fourth-order valence-electron chi connectivity index (χ4n) is 8.01. The summed E-state index contributed by atoms with van der Waals surface area (Å²) >= 11 is 0. The Morgan fingerprint density at radius 1 is 0.304 bits per heavy atom. The first-order valence-corrected chi connectivity index (χ1v) is 18.7. The smallest absolute Gasteiger partial charge is 0.164 e. The quantitative estimate of drug-likeness (QED) is 0.172. The summed E-state index contributed by atoms with van der Waals surface area (Å²) in [5.41, 5.74) is 10.6. The van der Waals surface area contributed by atoms with Crippen molar-refractivity contribution in [3.63, 3.8) is 0 Å². The normalized spacial score (nSPS) is 11.6. The summed E-state index contributed by atoms with van der Waals surface area (Å²) in [6.07, 6.45) is 1.85. The molecule has 56 heavy (non-hydrogen) atoms. The maximum atomic E-state index is 5.10. The molecule has 0 saturated heterocycles. The summed E-state index contributed by atoms with van der Waals surface area (Å²) in [5.74, 6) is 2.59. The number of rotatable bonds is 6. The van der Waals surface area contributed by atoms with E-state index in [1.165, 1.54) is 27.1 Å². The Balaban J connectivity index is 1.10. The van der Waals surface area contributed by atoms with Crippen molar-refractivity contribution < 1.29 is 0 Å². The van der Waals surface area contributed by atoms with Crippen molar-refractivity contribution >= 4 is 43.6 Å². The largest absolute Gasteiger partial charge is 0.309 e. The molecule has 0 spiro atoms. The highest BCUT2D eigenvalue weighted by molar-refractivity contribution is 6.19. The van der Waals surface area contributed by atoms with E-state index in [9.17, 15) is 0 Å². The molecular formula is C50H32N6. The van der Waals surface area contributed by atoms with Gasteiger partial charge in [-0.15, -0.1) is 0 Å². The van der Waals surface area contributed by atoms with Crippen LogP contribution in [0.3, 0.4) is 0 Å². The van der Waals surface area contributed by atoms with Gasteiger partial charge in [0.05, 0.1) is 22.1 Å². The Labute approximate surface area is 322 Å². The fourth-order valence-corrected chi connectivity index (χ4v) is 8.01. The lowest BCUT2D eigenvalue weighted by molar-refractivity contribution is 1.05. The zero-order valence-electron chi connectivity index (χ0n) is 30.2. The van der Waals surface area contributed by atoms with Gasteiger partial charge in [-0.25, -0.2) is 19.9 Å². The Morgan fingerprint density at radius 2 is 0.768 bits per heavy atom. The highest BCUT2D eigenvalue weighted by Gasteiger charge is 2.20. The first-order valence-electron chi connectivity index (χ1n) is 18.7. The van der Waals surface area contributed by atoms with Crippen molar-refractivity contribution in [3.8, 4) is 56.8 Å². The number of pyridine rings is 1. The molecule has 0 fully saturated rings. The van der Waals surface area contributed by atoms with Gasteiger partial charge in [-0.05, 0) is 59.7 Å². The van der Waals surface area contributed by atoms with E-state index in [2.05, 4.69) is 155 Å². The molecule has 0 aliphatic carbocycles. The molecule has 0 radical (unpaired) electrons. The van der Waals surface area contributed by atoms with Gasteiger partial charge in [0.15, 0.2) is 17.5 Å². The van der Waals surface area contributed by atoms with Crippen molar-refractivity contribution in [2.45, 2.75) is 0 Å². The van der Waals surface area contributed by atoms with Crippen molar-refractivity contribution in [3.05, 3.63) is 194 Å². The average molecular weight is 717 g/mol.